The summed E-state index contributed by atoms with van der Waals surface area (Å²) in [6, 6.07) is 3.22. The number of esters is 1. The van der Waals surface area contributed by atoms with E-state index in [1.54, 1.807) is 19.1 Å². The first-order chi connectivity index (χ1) is 11.1. The summed E-state index contributed by atoms with van der Waals surface area (Å²) in [6.07, 6.45) is 1.42. The molecule has 7 heteroatoms. The van der Waals surface area contributed by atoms with Crippen LogP contribution in [0, 0.1) is 6.92 Å². The van der Waals surface area contributed by atoms with E-state index in [0.29, 0.717) is 22.6 Å². The Hall–Kier alpha value is -2.96. The maximum Gasteiger partial charge on any atom is 0.341 e. The zero-order valence-electron chi connectivity index (χ0n) is 12.9. The van der Waals surface area contributed by atoms with E-state index in [-0.39, 0.29) is 23.6 Å². The number of nitrogens with one attached hydrogen (secondary N) is 1. The van der Waals surface area contributed by atoms with Gasteiger partial charge in [0.05, 0.1) is 31.6 Å². The number of rotatable bonds is 4. The Balaban J connectivity index is 2.10. The number of aryl methyl sites for hydroxylation is 1. The zero-order valence-corrected chi connectivity index (χ0v) is 12.9. The van der Waals surface area contributed by atoms with Crippen LogP contribution in [0.4, 0.5) is 5.69 Å². The predicted octanol–water partition coefficient (Wildman–Crippen LogP) is 2.53. The minimum absolute atomic E-state index is 0.127. The molecule has 0 unspecified atom stereocenters. The van der Waals surface area contributed by atoms with Crippen LogP contribution in [0.1, 0.15) is 32.0 Å². The van der Waals surface area contributed by atoms with Gasteiger partial charge in [-0.15, -0.1) is 0 Å². The molecule has 1 aliphatic heterocycles. The zero-order chi connectivity index (χ0) is 16.6. The van der Waals surface area contributed by atoms with Crippen molar-refractivity contribution in [1.82, 2.24) is 0 Å². The second-order valence-corrected chi connectivity index (χ2v) is 4.94. The lowest BCUT2D eigenvalue weighted by Gasteiger charge is -2.16. The number of carbonyl (C=O) groups excluding carboxylic acids is 2. The summed E-state index contributed by atoms with van der Waals surface area (Å²) in [5.41, 5.74) is 1.51. The first kappa shape index (κ1) is 15.0. The second kappa shape index (κ2) is 5.68. The molecular weight excluding hydrogens is 302 g/mol. The maximum absolute atomic E-state index is 12.5. The fraction of sp³-hybridized carbons (Fsp3) is 0.250. The molecule has 0 spiro atoms. The first-order valence-electron chi connectivity index (χ1n) is 6.87. The number of hydrogen-bond donors (Lipinski definition) is 1. The average Bonchev–Trinajstić information content (AvgIpc) is 3.13. The van der Waals surface area contributed by atoms with E-state index < -0.39 is 11.9 Å². The second-order valence-electron chi connectivity index (χ2n) is 4.94. The van der Waals surface area contributed by atoms with Crippen LogP contribution >= 0.6 is 0 Å². The minimum atomic E-state index is -0.514. The Morgan fingerprint density at radius 1 is 1.30 bits per heavy atom. The monoisotopic (exact) mass is 317 g/mol. The molecule has 120 valence electrons. The fourth-order valence-electron chi connectivity index (χ4n) is 2.53. The number of furan rings is 1. The first-order valence-corrected chi connectivity index (χ1v) is 6.87. The van der Waals surface area contributed by atoms with Crippen molar-refractivity contribution in [1.29, 1.82) is 0 Å². The van der Waals surface area contributed by atoms with E-state index in [0.717, 1.165) is 0 Å². The number of carbonyl (C=O) groups is 2. The summed E-state index contributed by atoms with van der Waals surface area (Å²) >= 11 is 0. The van der Waals surface area contributed by atoms with Gasteiger partial charge in [-0.25, -0.2) is 4.79 Å². The Morgan fingerprint density at radius 3 is 2.70 bits per heavy atom. The quantitative estimate of drug-likeness (QED) is 0.872. The van der Waals surface area contributed by atoms with Gasteiger partial charge in [0.2, 0.25) is 0 Å². The number of fused-ring (bicyclic) bond motifs is 1. The van der Waals surface area contributed by atoms with E-state index >= 15 is 0 Å². The normalized spacial score (nSPS) is 12.6. The summed E-state index contributed by atoms with van der Waals surface area (Å²) in [5.74, 6) is 0.219. The maximum atomic E-state index is 12.5. The van der Waals surface area contributed by atoms with Gasteiger partial charge in [0.25, 0.3) is 5.91 Å². The lowest BCUT2D eigenvalue weighted by atomic mass is 10.1. The topological polar surface area (TPSA) is 87.0 Å². The average molecular weight is 317 g/mol. The van der Waals surface area contributed by atoms with E-state index in [9.17, 15) is 9.59 Å². The van der Waals surface area contributed by atoms with E-state index in [2.05, 4.69) is 5.32 Å². The van der Waals surface area contributed by atoms with Gasteiger partial charge in [-0.1, -0.05) is 0 Å². The molecule has 1 N–H and O–H groups in total. The van der Waals surface area contributed by atoms with Gasteiger partial charge in [-0.2, -0.15) is 0 Å². The smallest absolute Gasteiger partial charge is 0.341 e. The van der Waals surface area contributed by atoms with Crippen molar-refractivity contribution in [3.8, 4) is 11.5 Å². The van der Waals surface area contributed by atoms with Crippen molar-refractivity contribution in [2.24, 2.45) is 0 Å². The summed E-state index contributed by atoms with van der Waals surface area (Å²) < 4.78 is 20.8. The molecule has 0 radical (unpaired) electrons. The Morgan fingerprint density at radius 2 is 2.09 bits per heavy atom. The van der Waals surface area contributed by atoms with E-state index in [1.807, 2.05) is 0 Å². The Labute approximate surface area is 132 Å². The molecule has 1 aromatic carbocycles. The third-order valence-corrected chi connectivity index (χ3v) is 3.66. The summed E-state index contributed by atoms with van der Waals surface area (Å²) in [6.45, 7) is 1.80. The van der Waals surface area contributed by atoms with Crippen LogP contribution in [0.25, 0.3) is 0 Å². The van der Waals surface area contributed by atoms with Crippen molar-refractivity contribution < 1.29 is 28.2 Å². The highest BCUT2D eigenvalue weighted by molar-refractivity contribution is 6.11. The number of anilines is 1. The molecule has 7 nitrogen and oxygen atoms in total. The van der Waals surface area contributed by atoms with Crippen molar-refractivity contribution >= 4 is 17.6 Å². The molecule has 1 aromatic heterocycles. The van der Waals surface area contributed by atoms with Crippen LogP contribution in [0.3, 0.4) is 0 Å². The van der Waals surface area contributed by atoms with Crippen LogP contribution in [-0.2, 0) is 11.3 Å². The van der Waals surface area contributed by atoms with E-state index in [4.69, 9.17) is 18.6 Å². The van der Waals surface area contributed by atoms with Gasteiger partial charge in [0, 0.05) is 5.56 Å². The highest BCUT2D eigenvalue weighted by atomic mass is 16.5. The van der Waals surface area contributed by atoms with Crippen LogP contribution in [0.5, 0.6) is 11.5 Å². The highest BCUT2D eigenvalue weighted by Crippen LogP contribution is 2.43. The lowest BCUT2D eigenvalue weighted by molar-refractivity contribution is 0.0535. The molecular formula is C16H15NO6. The van der Waals surface area contributed by atoms with Crippen molar-refractivity contribution in [2.45, 2.75) is 13.5 Å². The Kier molecular flexibility index (Phi) is 3.69. The van der Waals surface area contributed by atoms with Crippen LogP contribution < -0.4 is 14.8 Å². The lowest BCUT2D eigenvalue weighted by Crippen LogP contribution is -2.16. The predicted molar refractivity (Wildman–Crippen MR) is 80.1 cm³/mol. The Bertz CT molecular complexity index is 792. The number of ether oxygens (including phenoxy) is 3. The van der Waals surface area contributed by atoms with Gasteiger partial charge in [0.15, 0.2) is 11.5 Å². The van der Waals surface area contributed by atoms with Crippen molar-refractivity contribution in [3.05, 3.63) is 40.8 Å². The molecule has 0 saturated carbocycles. The molecule has 0 fully saturated rings. The molecule has 2 heterocycles. The third kappa shape index (κ3) is 2.40. The van der Waals surface area contributed by atoms with Gasteiger partial charge in [-0.3, -0.25) is 4.79 Å². The number of amides is 1. The number of methoxy groups -OCH3 is 2. The van der Waals surface area contributed by atoms with Crippen LogP contribution in [0.15, 0.2) is 22.8 Å². The molecule has 0 bridgehead atoms. The summed E-state index contributed by atoms with van der Waals surface area (Å²) in [7, 11) is 2.91. The van der Waals surface area contributed by atoms with Crippen molar-refractivity contribution in [3.63, 3.8) is 0 Å². The molecule has 0 aliphatic carbocycles. The fourth-order valence-corrected chi connectivity index (χ4v) is 2.53. The standard InChI is InChI=1S/C16H15NO6/c1-8-10(4-5-22-8)15(18)17-13-12-9(7-23-16(12)19)6-11(20-2)14(13)21-3/h4-6H,7H2,1-3H3,(H,17,18). The highest BCUT2D eigenvalue weighted by Gasteiger charge is 2.31. The SMILES string of the molecule is COc1cc2c(c(NC(=O)c3ccoc3C)c1OC)C(=O)OC2. The van der Waals surface area contributed by atoms with Crippen LogP contribution in [-0.4, -0.2) is 26.1 Å². The molecule has 0 saturated heterocycles. The molecule has 1 aliphatic rings. The van der Waals surface area contributed by atoms with Gasteiger partial charge < -0.3 is 23.9 Å². The molecule has 1 amide bonds. The molecule has 3 rings (SSSR count). The van der Waals surface area contributed by atoms with Crippen LogP contribution in [0.2, 0.25) is 0 Å². The summed E-state index contributed by atoms with van der Waals surface area (Å²) in [4.78, 5) is 24.5. The number of cyclic esters (lactones) is 1. The molecule has 0 atom stereocenters. The number of benzene rings is 1. The summed E-state index contributed by atoms with van der Waals surface area (Å²) in [5, 5.41) is 2.71. The largest absolute Gasteiger partial charge is 0.493 e. The van der Waals surface area contributed by atoms with Gasteiger partial charge in [0.1, 0.15) is 18.1 Å². The number of hydrogen-bond acceptors (Lipinski definition) is 6. The van der Waals surface area contributed by atoms with Gasteiger partial charge in [-0.05, 0) is 19.1 Å². The molecule has 2 aromatic rings. The molecule has 23 heavy (non-hydrogen) atoms. The van der Waals surface area contributed by atoms with E-state index in [1.165, 1.54) is 20.5 Å². The third-order valence-electron chi connectivity index (χ3n) is 3.66. The minimum Gasteiger partial charge on any atom is -0.493 e. The van der Waals surface area contributed by atoms with Crippen molar-refractivity contribution in [2.75, 3.05) is 19.5 Å². The van der Waals surface area contributed by atoms with Gasteiger partial charge >= 0.3 is 5.97 Å².